The highest BCUT2D eigenvalue weighted by Crippen LogP contribution is 2.24. The summed E-state index contributed by atoms with van der Waals surface area (Å²) in [6.45, 7) is -0.0766. The lowest BCUT2D eigenvalue weighted by Crippen LogP contribution is -2.08. The van der Waals surface area contributed by atoms with E-state index in [-0.39, 0.29) is 24.9 Å². The number of halogens is 2. The first kappa shape index (κ1) is 16.7. The molecule has 0 aliphatic rings. The van der Waals surface area contributed by atoms with Crippen molar-refractivity contribution in [2.75, 3.05) is 0 Å². The second-order valence-electron chi connectivity index (χ2n) is 4.96. The summed E-state index contributed by atoms with van der Waals surface area (Å²) in [6.07, 6.45) is 0.179. The van der Waals surface area contributed by atoms with E-state index in [2.05, 4.69) is 26.1 Å². The molecule has 1 aromatic heterocycles. The monoisotopic (exact) mass is 406 g/mol. The van der Waals surface area contributed by atoms with Crippen LogP contribution in [-0.4, -0.2) is 16.1 Å². The fourth-order valence-electron chi connectivity index (χ4n) is 2.03. The number of aromatic nitrogens is 2. The van der Waals surface area contributed by atoms with Crippen molar-refractivity contribution in [1.29, 1.82) is 0 Å². The van der Waals surface area contributed by atoms with Gasteiger partial charge < -0.3 is 9.26 Å². The lowest BCUT2D eigenvalue weighted by Gasteiger charge is -2.02. The summed E-state index contributed by atoms with van der Waals surface area (Å²) in [7, 11) is 0. The Hall–Kier alpha value is -2.18. The van der Waals surface area contributed by atoms with Crippen LogP contribution in [-0.2, 0) is 22.6 Å². The predicted molar refractivity (Wildman–Crippen MR) is 92.4 cm³/mol. The fraction of sp³-hybridized carbons (Fsp3) is 0.118. The number of carbonyl (C=O) groups is 1. The molecule has 0 bridgehead atoms. The van der Waals surface area contributed by atoms with Crippen molar-refractivity contribution in [2.45, 2.75) is 13.0 Å². The van der Waals surface area contributed by atoms with Crippen molar-refractivity contribution >= 4 is 33.5 Å². The van der Waals surface area contributed by atoms with Gasteiger partial charge in [-0.2, -0.15) is 4.98 Å². The van der Waals surface area contributed by atoms with Crippen LogP contribution in [0.25, 0.3) is 11.4 Å². The van der Waals surface area contributed by atoms with E-state index in [1.54, 1.807) is 12.1 Å². The summed E-state index contributed by atoms with van der Waals surface area (Å²) in [6, 6.07) is 14.6. The largest absolute Gasteiger partial charge is 0.455 e. The van der Waals surface area contributed by atoms with Gasteiger partial charge in [0, 0.05) is 10.0 Å². The summed E-state index contributed by atoms with van der Waals surface area (Å²) in [5.41, 5.74) is 1.53. The summed E-state index contributed by atoms with van der Waals surface area (Å²) < 4.78 is 11.2. The van der Waals surface area contributed by atoms with Gasteiger partial charge in [-0.1, -0.05) is 57.0 Å². The van der Waals surface area contributed by atoms with Crippen molar-refractivity contribution < 1.29 is 14.1 Å². The molecule has 0 spiro atoms. The van der Waals surface area contributed by atoms with Crippen LogP contribution in [0.2, 0.25) is 5.02 Å². The Morgan fingerprint density at radius 2 is 1.92 bits per heavy atom. The number of rotatable bonds is 5. The highest BCUT2D eigenvalue weighted by atomic mass is 79.9. The number of nitrogens with zero attached hydrogens (tertiary/aromatic N) is 2. The molecule has 0 radical (unpaired) electrons. The number of hydrogen-bond donors (Lipinski definition) is 0. The lowest BCUT2D eigenvalue weighted by atomic mass is 10.2. The minimum Gasteiger partial charge on any atom is -0.455 e. The van der Waals surface area contributed by atoms with Crippen LogP contribution in [0.4, 0.5) is 0 Å². The van der Waals surface area contributed by atoms with Gasteiger partial charge >= 0.3 is 5.97 Å². The third-order valence-corrected chi connectivity index (χ3v) is 4.06. The van der Waals surface area contributed by atoms with Crippen LogP contribution in [0.3, 0.4) is 0 Å². The van der Waals surface area contributed by atoms with E-state index in [1.165, 1.54) is 0 Å². The van der Waals surface area contributed by atoms with Crippen LogP contribution in [0, 0.1) is 0 Å². The molecule has 5 nitrogen and oxygen atoms in total. The van der Waals surface area contributed by atoms with Gasteiger partial charge in [0.1, 0.15) is 0 Å². The normalized spacial score (nSPS) is 10.6. The maximum atomic E-state index is 11.9. The highest BCUT2D eigenvalue weighted by molar-refractivity contribution is 9.10. The second kappa shape index (κ2) is 7.59. The molecule has 0 saturated heterocycles. The third-order valence-electron chi connectivity index (χ3n) is 3.20. The number of hydrogen-bond acceptors (Lipinski definition) is 5. The molecule has 0 atom stereocenters. The van der Waals surface area contributed by atoms with Gasteiger partial charge in [0.2, 0.25) is 5.82 Å². The molecule has 0 amide bonds. The van der Waals surface area contributed by atoms with E-state index in [0.29, 0.717) is 16.4 Å². The van der Waals surface area contributed by atoms with E-state index in [4.69, 9.17) is 20.9 Å². The van der Waals surface area contributed by atoms with Crippen molar-refractivity contribution in [3.05, 3.63) is 69.5 Å². The Bertz CT molecular complexity index is 849. The summed E-state index contributed by atoms with van der Waals surface area (Å²) in [4.78, 5) is 16.0. The van der Waals surface area contributed by atoms with Gasteiger partial charge in [0.15, 0.2) is 6.61 Å². The molecule has 0 saturated carbocycles. The molecule has 0 aliphatic carbocycles. The average molecular weight is 408 g/mol. The van der Waals surface area contributed by atoms with Gasteiger partial charge in [0.25, 0.3) is 5.89 Å². The SMILES string of the molecule is O=C(Cc1ccc(Br)cc1)OCc1nc(-c2ccccc2Cl)no1. The molecule has 3 aromatic rings. The zero-order chi connectivity index (χ0) is 16.9. The number of esters is 1. The molecule has 24 heavy (non-hydrogen) atoms. The average Bonchev–Trinajstić information content (AvgIpc) is 3.04. The van der Waals surface area contributed by atoms with Gasteiger partial charge in [0.05, 0.1) is 11.4 Å². The Labute approximate surface area is 151 Å². The van der Waals surface area contributed by atoms with Crippen molar-refractivity contribution in [1.82, 2.24) is 10.1 Å². The first-order chi connectivity index (χ1) is 11.6. The minimum absolute atomic E-state index is 0.0766. The standard InChI is InChI=1S/C17H12BrClN2O3/c18-12-7-5-11(6-8-12)9-16(22)23-10-15-20-17(21-24-15)13-3-1-2-4-14(13)19/h1-8H,9-10H2. The number of benzene rings is 2. The van der Waals surface area contributed by atoms with Crippen LogP contribution in [0.1, 0.15) is 11.5 Å². The van der Waals surface area contributed by atoms with Crippen molar-refractivity contribution in [2.24, 2.45) is 0 Å². The van der Waals surface area contributed by atoms with Gasteiger partial charge in [-0.25, -0.2) is 0 Å². The van der Waals surface area contributed by atoms with Crippen LogP contribution in [0.15, 0.2) is 57.5 Å². The Morgan fingerprint density at radius 1 is 1.17 bits per heavy atom. The third kappa shape index (κ3) is 4.21. The molecule has 0 N–H and O–H groups in total. The maximum Gasteiger partial charge on any atom is 0.310 e. The fourth-order valence-corrected chi connectivity index (χ4v) is 2.51. The van der Waals surface area contributed by atoms with Crippen LogP contribution < -0.4 is 0 Å². The van der Waals surface area contributed by atoms with Crippen LogP contribution >= 0.6 is 27.5 Å². The molecule has 2 aromatic carbocycles. The zero-order valence-corrected chi connectivity index (χ0v) is 14.8. The highest BCUT2D eigenvalue weighted by Gasteiger charge is 2.13. The molecule has 1 heterocycles. The minimum atomic E-state index is -0.366. The first-order valence-electron chi connectivity index (χ1n) is 7.09. The zero-order valence-electron chi connectivity index (χ0n) is 12.4. The molecule has 0 aliphatic heterocycles. The quantitative estimate of drug-likeness (QED) is 0.585. The van der Waals surface area contributed by atoms with E-state index < -0.39 is 0 Å². The molecular weight excluding hydrogens is 396 g/mol. The van der Waals surface area contributed by atoms with Gasteiger partial charge in [-0.15, -0.1) is 0 Å². The van der Waals surface area contributed by atoms with Crippen molar-refractivity contribution in [3.8, 4) is 11.4 Å². The number of ether oxygens (including phenoxy) is 1. The van der Waals surface area contributed by atoms with E-state index in [9.17, 15) is 4.79 Å². The summed E-state index contributed by atoms with van der Waals surface area (Å²) in [5, 5.41) is 4.38. The van der Waals surface area contributed by atoms with Gasteiger partial charge in [-0.3, -0.25) is 4.79 Å². The molecule has 3 rings (SSSR count). The first-order valence-corrected chi connectivity index (χ1v) is 8.26. The van der Waals surface area contributed by atoms with E-state index >= 15 is 0 Å². The molecule has 7 heteroatoms. The molecule has 122 valence electrons. The number of carbonyl (C=O) groups excluding carboxylic acids is 1. The Kier molecular flexibility index (Phi) is 5.27. The van der Waals surface area contributed by atoms with Gasteiger partial charge in [-0.05, 0) is 29.8 Å². The Morgan fingerprint density at radius 3 is 2.67 bits per heavy atom. The smallest absolute Gasteiger partial charge is 0.310 e. The topological polar surface area (TPSA) is 65.2 Å². The summed E-state index contributed by atoms with van der Waals surface area (Å²) >= 11 is 9.43. The lowest BCUT2D eigenvalue weighted by molar-refractivity contribution is -0.144. The summed E-state index contributed by atoms with van der Waals surface area (Å²) in [5.74, 6) is 0.212. The molecule has 0 fully saturated rings. The molecular formula is C17H12BrClN2O3. The Balaban J connectivity index is 1.58. The van der Waals surface area contributed by atoms with E-state index in [1.807, 2.05) is 36.4 Å². The maximum absolute atomic E-state index is 11.9. The second-order valence-corrected chi connectivity index (χ2v) is 6.28. The van der Waals surface area contributed by atoms with Crippen LogP contribution in [0.5, 0.6) is 0 Å². The van der Waals surface area contributed by atoms with Crippen molar-refractivity contribution in [3.63, 3.8) is 0 Å². The molecule has 0 unspecified atom stereocenters. The predicted octanol–water partition coefficient (Wildman–Crippen LogP) is 4.44. The van der Waals surface area contributed by atoms with E-state index in [0.717, 1.165) is 10.0 Å².